The maximum atomic E-state index is 11.0. The monoisotopic (exact) mass is 237 g/mol. The van der Waals surface area contributed by atoms with E-state index < -0.39 is 11.9 Å². The molecule has 0 aliphatic heterocycles. The quantitative estimate of drug-likeness (QED) is 0.806. The van der Waals surface area contributed by atoms with Gasteiger partial charge in [-0.2, -0.15) is 0 Å². The van der Waals surface area contributed by atoms with Crippen molar-refractivity contribution in [3.05, 3.63) is 28.8 Å². The van der Waals surface area contributed by atoms with Crippen molar-refractivity contribution in [3.63, 3.8) is 0 Å². The molecule has 1 aromatic carbocycles. The second kappa shape index (κ2) is 5.34. The van der Waals surface area contributed by atoms with Crippen molar-refractivity contribution in [2.45, 2.75) is 20.3 Å². The minimum Gasteiger partial charge on any atom is -0.492 e. The molecule has 17 heavy (non-hydrogen) atoms. The number of carboxylic acid groups (broad SMARTS) is 1. The Bertz CT molecular complexity index is 431. The van der Waals surface area contributed by atoms with Gasteiger partial charge in [0.25, 0.3) is 0 Å². The van der Waals surface area contributed by atoms with Crippen LogP contribution in [0, 0.1) is 13.8 Å². The molecule has 0 aliphatic rings. The van der Waals surface area contributed by atoms with Gasteiger partial charge < -0.3 is 15.6 Å². The molecule has 0 aliphatic carbocycles. The van der Waals surface area contributed by atoms with Gasteiger partial charge in [-0.3, -0.25) is 9.59 Å². The Hall–Kier alpha value is -2.04. The fraction of sp³-hybridized carbons (Fsp3) is 0.333. The molecule has 92 valence electrons. The Morgan fingerprint density at radius 1 is 1.29 bits per heavy atom. The first-order valence-electron chi connectivity index (χ1n) is 5.17. The molecular weight excluding hydrogens is 222 g/mol. The van der Waals surface area contributed by atoms with Crippen LogP contribution in [0.2, 0.25) is 0 Å². The maximum Gasteiger partial charge on any atom is 0.306 e. The van der Waals surface area contributed by atoms with E-state index in [4.69, 9.17) is 15.6 Å². The van der Waals surface area contributed by atoms with E-state index in [0.29, 0.717) is 11.3 Å². The molecule has 0 bridgehead atoms. The van der Waals surface area contributed by atoms with Crippen molar-refractivity contribution < 1.29 is 19.4 Å². The number of rotatable bonds is 5. The van der Waals surface area contributed by atoms with Crippen LogP contribution in [0.1, 0.15) is 27.9 Å². The van der Waals surface area contributed by atoms with E-state index in [-0.39, 0.29) is 13.0 Å². The van der Waals surface area contributed by atoms with Crippen LogP contribution in [-0.4, -0.2) is 23.6 Å². The van der Waals surface area contributed by atoms with Crippen molar-refractivity contribution >= 4 is 11.9 Å². The number of aliphatic carboxylic acids is 1. The molecule has 0 heterocycles. The Labute approximate surface area is 99.2 Å². The SMILES string of the molecule is Cc1cc(C(N)=O)cc(C)c1OCCC(=O)O. The molecule has 0 saturated heterocycles. The Morgan fingerprint density at radius 2 is 1.82 bits per heavy atom. The highest BCUT2D eigenvalue weighted by Crippen LogP contribution is 2.24. The number of nitrogens with two attached hydrogens (primary N) is 1. The van der Waals surface area contributed by atoms with Crippen LogP contribution >= 0.6 is 0 Å². The summed E-state index contributed by atoms with van der Waals surface area (Å²) in [4.78, 5) is 21.4. The molecule has 3 N–H and O–H groups in total. The fourth-order valence-electron chi connectivity index (χ4n) is 1.56. The van der Waals surface area contributed by atoms with Gasteiger partial charge in [-0.05, 0) is 37.1 Å². The van der Waals surface area contributed by atoms with E-state index in [2.05, 4.69) is 0 Å². The molecule has 0 atom stereocenters. The summed E-state index contributed by atoms with van der Waals surface area (Å²) in [6.07, 6.45) is -0.0591. The molecule has 0 spiro atoms. The predicted molar refractivity (Wildman–Crippen MR) is 62.2 cm³/mol. The standard InChI is InChI=1S/C12H15NO4/c1-7-5-9(12(13)16)6-8(2)11(7)17-4-3-10(14)15/h5-6H,3-4H2,1-2H3,(H2,13,16)(H,14,15). The summed E-state index contributed by atoms with van der Waals surface area (Å²) in [5, 5.41) is 8.51. The zero-order valence-corrected chi connectivity index (χ0v) is 9.82. The van der Waals surface area contributed by atoms with Crippen LogP contribution in [0.15, 0.2) is 12.1 Å². The number of ether oxygens (including phenoxy) is 1. The first-order chi connectivity index (χ1) is 7.91. The number of benzene rings is 1. The molecule has 0 aromatic heterocycles. The number of amides is 1. The Kier molecular flexibility index (Phi) is 4.09. The summed E-state index contributed by atoms with van der Waals surface area (Å²) in [5.74, 6) is -0.793. The highest BCUT2D eigenvalue weighted by molar-refractivity contribution is 5.93. The lowest BCUT2D eigenvalue weighted by Gasteiger charge is -2.12. The Balaban J connectivity index is 2.86. The van der Waals surface area contributed by atoms with Crippen molar-refractivity contribution in [2.75, 3.05) is 6.61 Å². The Morgan fingerprint density at radius 3 is 2.24 bits per heavy atom. The number of primary amides is 1. The van der Waals surface area contributed by atoms with Gasteiger partial charge in [-0.15, -0.1) is 0 Å². The summed E-state index contributed by atoms with van der Waals surface area (Å²) in [5.41, 5.74) is 7.14. The number of carbonyl (C=O) groups excluding carboxylic acids is 1. The summed E-state index contributed by atoms with van der Waals surface area (Å²) in [7, 11) is 0. The third-order valence-electron chi connectivity index (χ3n) is 2.31. The van der Waals surface area contributed by atoms with Crippen molar-refractivity contribution in [1.82, 2.24) is 0 Å². The molecule has 0 unspecified atom stereocenters. The minimum atomic E-state index is -0.908. The molecule has 1 aromatic rings. The van der Waals surface area contributed by atoms with E-state index >= 15 is 0 Å². The molecule has 1 amide bonds. The highest BCUT2D eigenvalue weighted by Gasteiger charge is 2.09. The van der Waals surface area contributed by atoms with Crippen molar-refractivity contribution in [3.8, 4) is 5.75 Å². The van der Waals surface area contributed by atoms with Gasteiger partial charge in [0, 0.05) is 5.56 Å². The van der Waals surface area contributed by atoms with Gasteiger partial charge in [0.15, 0.2) is 0 Å². The lowest BCUT2D eigenvalue weighted by atomic mass is 10.1. The zero-order valence-electron chi connectivity index (χ0n) is 9.82. The summed E-state index contributed by atoms with van der Waals surface area (Å²) in [6, 6.07) is 3.26. The lowest BCUT2D eigenvalue weighted by molar-refractivity contribution is -0.137. The number of aryl methyl sites for hydroxylation is 2. The summed E-state index contributed by atoms with van der Waals surface area (Å²) >= 11 is 0. The van der Waals surface area contributed by atoms with Crippen LogP contribution < -0.4 is 10.5 Å². The number of hydrogen-bond donors (Lipinski definition) is 2. The maximum absolute atomic E-state index is 11.0. The van der Waals surface area contributed by atoms with Crippen LogP contribution in [0.3, 0.4) is 0 Å². The summed E-state index contributed by atoms with van der Waals surface area (Å²) < 4.78 is 5.38. The molecular formula is C12H15NO4. The van der Waals surface area contributed by atoms with Gasteiger partial charge in [0.05, 0.1) is 13.0 Å². The molecule has 0 fully saturated rings. The smallest absolute Gasteiger partial charge is 0.306 e. The van der Waals surface area contributed by atoms with E-state index in [1.54, 1.807) is 26.0 Å². The topological polar surface area (TPSA) is 89.6 Å². The van der Waals surface area contributed by atoms with Crippen LogP contribution in [0.4, 0.5) is 0 Å². The minimum absolute atomic E-state index is 0.0591. The largest absolute Gasteiger partial charge is 0.492 e. The first kappa shape index (κ1) is 13.0. The van der Waals surface area contributed by atoms with Crippen LogP contribution in [0.25, 0.3) is 0 Å². The molecule has 5 heteroatoms. The molecule has 1 rings (SSSR count). The lowest BCUT2D eigenvalue weighted by Crippen LogP contribution is -2.12. The van der Waals surface area contributed by atoms with Crippen molar-refractivity contribution in [1.29, 1.82) is 0 Å². The zero-order chi connectivity index (χ0) is 13.0. The van der Waals surface area contributed by atoms with Crippen LogP contribution in [0.5, 0.6) is 5.75 Å². The third kappa shape index (κ3) is 3.48. The van der Waals surface area contributed by atoms with E-state index in [9.17, 15) is 9.59 Å². The number of carbonyl (C=O) groups is 2. The van der Waals surface area contributed by atoms with Gasteiger partial charge in [0.1, 0.15) is 5.75 Å². The fourth-order valence-corrected chi connectivity index (χ4v) is 1.56. The second-order valence-electron chi connectivity index (χ2n) is 3.80. The van der Waals surface area contributed by atoms with Crippen LogP contribution in [-0.2, 0) is 4.79 Å². The number of hydrogen-bond acceptors (Lipinski definition) is 3. The third-order valence-corrected chi connectivity index (χ3v) is 2.31. The van der Waals surface area contributed by atoms with E-state index in [1.807, 2.05) is 0 Å². The average molecular weight is 237 g/mol. The van der Waals surface area contributed by atoms with Crippen molar-refractivity contribution in [2.24, 2.45) is 5.73 Å². The van der Waals surface area contributed by atoms with Gasteiger partial charge in [0.2, 0.25) is 5.91 Å². The van der Waals surface area contributed by atoms with Gasteiger partial charge >= 0.3 is 5.97 Å². The molecule has 5 nitrogen and oxygen atoms in total. The summed E-state index contributed by atoms with van der Waals surface area (Å²) in [6.45, 7) is 3.68. The van der Waals surface area contributed by atoms with E-state index in [1.165, 1.54) is 0 Å². The molecule has 0 saturated carbocycles. The molecule has 0 radical (unpaired) electrons. The normalized spacial score (nSPS) is 10.0. The predicted octanol–water partition coefficient (Wildman–Crippen LogP) is 1.26. The highest BCUT2D eigenvalue weighted by atomic mass is 16.5. The van der Waals surface area contributed by atoms with Gasteiger partial charge in [-0.25, -0.2) is 0 Å². The number of carboxylic acids is 1. The first-order valence-corrected chi connectivity index (χ1v) is 5.17. The second-order valence-corrected chi connectivity index (χ2v) is 3.80. The average Bonchev–Trinajstić information content (AvgIpc) is 2.21. The van der Waals surface area contributed by atoms with Gasteiger partial charge in [-0.1, -0.05) is 0 Å². The van der Waals surface area contributed by atoms with E-state index in [0.717, 1.165) is 11.1 Å².